The van der Waals surface area contributed by atoms with Gasteiger partial charge in [0.05, 0.1) is 10.6 Å². The second-order valence-corrected chi connectivity index (χ2v) is 3.96. The first-order chi connectivity index (χ1) is 8.50. The molecule has 18 heavy (non-hydrogen) atoms. The maximum absolute atomic E-state index is 13.4. The Bertz CT molecular complexity index is 605. The van der Waals surface area contributed by atoms with Gasteiger partial charge in [-0.2, -0.15) is 0 Å². The number of carbonyl (C=O) groups excluding carboxylic acids is 1. The molecule has 0 aromatic heterocycles. The highest BCUT2D eigenvalue weighted by atomic mass is 35.5. The second-order valence-electron chi connectivity index (χ2n) is 3.55. The molecule has 0 aliphatic heterocycles. The van der Waals surface area contributed by atoms with Crippen molar-refractivity contribution in [3.8, 4) is 0 Å². The Balaban J connectivity index is 2.58. The number of hydrogen-bond donors (Lipinski definition) is 0. The van der Waals surface area contributed by atoms with Crippen molar-refractivity contribution in [2.45, 2.75) is 0 Å². The zero-order valence-electron chi connectivity index (χ0n) is 8.88. The van der Waals surface area contributed by atoms with Crippen LogP contribution < -0.4 is 0 Å². The van der Waals surface area contributed by atoms with E-state index in [1.165, 1.54) is 0 Å². The summed E-state index contributed by atoms with van der Waals surface area (Å²) in [4.78, 5) is 11.9. The minimum atomic E-state index is -1.01. The molecule has 0 fully saturated rings. The van der Waals surface area contributed by atoms with Gasteiger partial charge in [0.15, 0.2) is 0 Å². The largest absolute Gasteiger partial charge is 0.288 e. The number of hydrogen-bond acceptors (Lipinski definition) is 1. The van der Waals surface area contributed by atoms with Gasteiger partial charge >= 0.3 is 0 Å². The lowest BCUT2D eigenvalue weighted by Crippen LogP contribution is -2.08. The van der Waals surface area contributed by atoms with Gasteiger partial charge in [0.1, 0.15) is 17.5 Å². The molecule has 2 rings (SSSR count). The molecule has 0 aliphatic rings. The molecule has 0 saturated heterocycles. The van der Waals surface area contributed by atoms with Crippen LogP contribution in [0.5, 0.6) is 0 Å². The van der Waals surface area contributed by atoms with Gasteiger partial charge < -0.3 is 0 Å². The molecule has 2 aromatic rings. The molecular weight excluding hydrogens is 265 g/mol. The molecule has 0 bridgehead atoms. The highest BCUT2D eigenvalue weighted by Gasteiger charge is 2.21. The number of halogens is 4. The third-order valence-corrected chi connectivity index (χ3v) is 2.69. The van der Waals surface area contributed by atoms with Crippen molar-refractivity contribution in [2.75, 3.05) is 0 Å². The number of ketones is 1. The fourth-order valence-corrected chi connectivity index (χ4v) is 1.72. The van der Waals surface area contributed by atoms with Gasteiger partial charge in [-0.25, -0.2) is 13.2 Å². The zero-order valence-corrected chi connectivity index (χ0v) is 9.64. The smallest absolute Gasteiger partial charge is 0.200 e. The minimum Gasteiger partial charge on any atom is -0.288 e. The van der Waals surface area contributed by atoms with Crippen LogP contribution in [0.2, 0.25) is 5.02 Å². The van der Waals surface area contributed by atoms with Crippen LogP contribution >= 0.6 is 11.6 Å². The summed E-state index contributed by atoms with van der Waals surface area (Å²) in [5, 5.41) is -0.0657. The Morgan fingerprint density at radius 2 is 1.61 bits per heavy atom. The Kier molecular flexibility index (Phi) is 3.39. The van der Waals surface area contributed by atoms with Crippen molar-refractivity contribution in [1.82, 2.24) is 0 Å². The SMILES string of the molecule is O=C(c1cc(F)ccc1Cl)c1c(F)cccc1F. The van der Waals surface area contributed by atoms with Crippen molar-refractivity contribution in [1.29, 1.82) is 0 Å². The monoisotopic (exact) mass is 270 g/mol. The molecular formula is C13H6ClF3O. The van der Waals surface area contributed by atoms with Crippen LogP contribution in [0.15, 0.2) is 36.4 Å². The fourth-order valence-electron chi connectivity index (χ4n) is 1.52. The number of benzene rings is 2. The average molecular weight is 271 g/mol. The first-order valence-electron chi connectivity index (χ1n) is 4.94. The molecule has 0 N–H and O–H groups in total. The van der Waals surface area contributed by atoms with Crippen LogP contribution in [-0.2, 0) is 0 Å². The van der Waals surface area contributed by atoms with Gasteiger partial charge in [-0.05, 0) is 30.3 Å². The van der Waals surface area contributed by atoms with E-state index in [9.17, 15) is 18.0 Å². The molecule has 0 atom stereocenters. The standard InChI is InChI=1S/C13H6ClF3O/c14-9-5-4-7(15)6-8(9)13(18)12-10(16)2-1-3-11(12)17/h1-6H. The summed E-state index contributed by atoms with van der Waals surface area (Å²) < 4.78 is 39.9. The molecule has 0 saturated carbocycles. The molecule has 0 radical (unpaired) electrons. The molecule has 5 heteroatoms. The third kappa shape index (κ3) is 2.24. The van der Waals surface area contributed by atoms with Crippen molar-refractivity contribution in [3.05, 3.63) is 70.0 Å². The summed E-state index contributed by atoms with van der Waals surface area (Å²) in [7, 11) is 0. The van der Waals surface area contributed by atoms with E-state index in [0.717, 1.165) is 36.4 Å². The Morgan fingerprint density at radius 1 is 1.00 bits per heavy atom. The Morgan fingerprint density at radius 3 is 2.22 bits per heavy atom. The van der Waals surface area contributed by atoms with Crippen LogP contribution in [0.4, 0.5) is 13.2 Å². The summed E-state index contributed by atoms with van der Waals surface area (Å²) in [6.07, 6.45) is 0. The Hall–Kier alpha value is -1.81. The second kappa shape index (κ2) is 4.82. The van der Waals surface area contributed by atoms with Crippen molar-refractivity contribution in [2.24, 2.45) is 0 Å². The van der Waals surface area contributed by atoms with Gasteiger partial charge in [0.2, 0.25) is 5.78 Å². The maximum Gasteiger partial charge on any atom is 0.200 e. The van der Waals surface area contributed by atoms with Gasteiger partial charge in [-0.3, -0.25) is 4.79 Å². The minimum absolute atomic E-state index is 0.0657. The van der Waals surface area contributed by atoms with Gasteiger partial charge in [-0.1, -0.05) is 17.7 Å². The first kappa shape index (κ1) is 12.6. The van der Waals surface area contributed by atoms with Crippen LogP contribution in [-0.4, -0.2) is 5.78 Å². The van der Waals surface area contributed by atoms with E-state index in [0.29, 0.717) is 0 Å². The van der Waals surface area contributed by atoms with Crippen LogP contribution in [0, 0.1) is 17.5 Å². The van der Waals surface area contributed by atoms with Crippen molar-refractivity contribution >= 4 is 17.4 Å². The molecule has 0 amide bonds. The van der Waals surface area contributed by atoms with E-state index in [2.05, 4.69) is 0 Å². The van der Waals surface area contributed by atoms with Crippen LogP contribution in [0.1, 0.15) is 15.9 Å². The summed E-state index contributed by atoms with van der Waals surface area (Å²) >= 11 is 5.71. The van der Waals surface area contributed by atoms with Crippen LogP contribution in [0.25, 0.3) is 0 Å². The highest BCUT2D eigenvalue weighted by molar-refractivity contribution is 6.35. The van der Waals surface area contributed by atoms with E-state index in [1.807, 2.05) is 0 Å². The molecule has 0 heterocycles. The lowest BCUT2D eigenvalue weighted by molar-refractivity contribution is 0.103. The summed E-state index contributed by atoms with van der Waals surface area (Å²) in [6, 6.07) is 6.08. The summed E-state index contributed by atoms with van der Waals surface area (Å²) in [6.45, 7) is 0. The summed E-state index contributed by atoms with van der Waals surface area (Å²) in [5.74, 6) is -3.73. The third-order valence-electron chi connectivity index (χ3n) is 2.36. The highest BCUT2D eigenvalue weighted by Crippen LogP contribution is 2.23. The van der Waals surface area contributed by atoms with Gasteiger partial charge in [0.25, 0.3) is 0 Å². The topological polar surface area (TPSA) is 17.1 Å². The normalized spacial score (nSPS) is 10.4. The van der Waals surface area contributed by atoms with Crippen molar-refractivity contribution in [3.63, 3.8) is 0 Å². The molecule has 0 unspecified atom stereocenters. The van der Waals surface area contributed by atoms with Crippen molar-refractivity contribution < 1.29 is 18.0 Å². The average Bonchev–Trinajstić information content (AvgIpc) is 2.32. The first-order valence-corrected chi connectivity index (χ1v) is 5.32. The van der Waals surface area contributed by atoms with E-state index >= 15 is 0 Å². The maximum atomic E-state index is 13.4. The fraction of sp³-hybridized carbons (Fsp3) is 0. The Labute approximate surface area is 106 Å². The molecule has 0 spiro atoms. The molecule has 0 aliphatic carbocycles. The van der Waals surface area contributed by atoms with Crippen LogP contribution in [0.3, 0.4) is 0 Å². The van der Waals surface area contributed by atoms with Gasteiger partial charge in [0, 0.05) is 5.56 Å². The quantitative estimate of drug-likeness (QED) is 0.754. The van der Waals surface area contributed by atoms with E-state index < -0.39 is 28.8 Å². The molecule has 2 aromatic carbocycles. The van der Waals surface area contributed by atoms with E-state index in [-0.39, 0.29) is 10.6 Å². The van der Waals surface area contributed by atoms with E-state index in [1.54, 1.807) is 0 Å². The lowest BCUT2D eigenvalue weighted by Gasteiger charge is -2.06. The number of rotatable bonds is 2. The lowest BCUT2D eigenvalue weighted by atomic mass is 10.0. The summed E-state index contributed by atoms with van der Waals surface area (Å²) in [5.41, 5.74) is -1.02. The molecule has 92 valence electrons. The molecule has 1 nitrogen and oxygen atoms in total. The predicted octanol–water partition coefficient (Wildman–Crippen LogP) is 3.99. The van der Waals surface area contributed by atoms with E-state index in [4.69, 9.17) is 11.6 Å². The van der Waals surface area contributed by atoms with Gasteiger partial charge in [-0.15, -0.1) is 0 Å². The number of carbonyl (C=O) groups is 1. The zero-order chi connectivity index (χ0) is 13.3. The predicted molar refractivity (Wildman–Crippen MR) is 61.2 cm³/mol.